The summed E-state index contributed by atoms with van der Waals surface area (Å²) in [6.45, 7) is 2.42. The fourth-order valence-corrected chi connectivity index (χ4v) is 2.64. The maximum atomic E-state index is 11.5. The normalized spacial score (nSPS) is 27.9. The first-order valence-corrected chi connectivity index (χ1v) is 6.04. The molecule has 1 aliphatic heterocycles. The molecular weight excluding hydrogens is 204 g/mol. The number of nitrogens with zero attached hydrogens (tertiary/aromatic N) is 2. The first kappa shape index (κ1) is 11.4. The van der Waals surface area contributed by atoms with Crippen molar-refractivity contribution in [2.45, 2.75) is 25.5 Å². The predicted molar refractivity (Wildman–Crippen MR) is 51.0 cm³/mol. The van der Waals surface area contributed by atoms with E-state index in [1.54, 1.807) is 6.07 Å². The number of hydrogen-bond donors (Lipinski definition) is 0. The monoisotopic (exact) mass is 218 g/mol. The number of hydrogen-bond acceptors (Lipinski definition) is 4. The summed E-state index contributed by atoms with van der Waals surface area (Å²) in [5.74, 6) is -0.466. The van der Waals surface area contributed by atoms with Crippen LogP contribution in [0.3, 0.4) is 0 Å². The van der Waals surface area contributed by atoms with E-state index in [9.17, 15) is 8.42 Å². The molecule has 0 aromatic heterocycles. The molecule has 0 bridgehead atoms. The van der Waals surface area contributed by atoms with Crippen LogP contribution in [-0.4, -0.2) is 44.3 Å². The van der Waals surface area contributed by atoms with Gasteiger partial charge in [0, 0.05) is 13.7 Å². The zero-order valence-corrected chi connectivity index (χ0v) is 9.12. The second kappa shape index (κ2) is 4.26. The lowest BCUT2D eigenvalue weighted by molar-refractivity contribution is 0.102. The van der Waals surface area contributed by atoms with Crippen LogP contribution in [0.5, 0.6) is 0 Å². The van der Waals surface area contributed by atoms with E-state index >= 15 is 0 Å². The van der Waals surface area contributed by atoms with Crippen LogP contribution in [0.2, 0.25) is 0 Å². The first-order valence-electron chi connectivity index (χ1n) is 4.43. The predicted octanol–water partition coefficient (Wildman–Crippen LogP) is -0.0510. The quantitative estimate of drug-likeness (QED) is 0.666. The molecule has 0 N–H and O–H groups in total. The molecule has 2 unspecified atom stereocenters. The number of sulfonamides is 1. The molecule has 0 radical (unpaired) electrons. The Balaban J connectivity index is 2.74. The Hall–Kier alpha value is -0.640. The number of rotatable bonds is 3. The molecule has 14 heavy (non-hydrogen) atoms. The summed E-state index contributed by atoms with van der Waals surface area (Å²) in [6, 6.07) is 1.53. The summed E-state index contributed by atoms with van der Waals surface area (Å²) in [6.07, 6.45) is 0.607. The summed E-state index contributed by atoms with van der Waals surface area (Å²) in [7, 11) is -1.93. The molecular formula is C8H14N2O3S. The van der Waals surface area contributed by atoms with Crippen molar-refractivity contribution in [1.82, 2.24) is 4.31 Å². The minimum Gasteiger partial charge on any atom is -0.377 e. The molecule has 2 atom stereocenters. The second-order valence-corrected chi connectivity index (χ2v) is 5.39. The lowest BCUT2D eigenvalue weighted by Crippen LogP contribution is -2.41. The van der Waals surface area contributed by atoms with E-state index < -0.39 is 15.8 Å². The van der Waals surface area contributed by atoms with Crippen LogP contribution in [0.25, 0.3) is 0 Å². The third-order valence-electron chi connectivity index (χ3n) is 2.49. The van der Waals surface area contributed by atoms with Crippen molar-refractivity contribution in [1.29, 1.82) is 5.26 Å². The summed E-state index contributed by atoms with van der Waals surface area (Å²) < 4.78 is 29.6. The van der Waals surface area contributed by atoms with Crippen LogP contribution < -0.4 is 0 Å². The molecule has 1 aliphatic rings. The zero-order valence-electron chi connectivity index (χ0n) is 8.30. The Kier molecular flexibility index (Phi) is 3.48. The zero-order chi connectivity index (χ0) is 10.8. The Labute approximate surface area is 84.3 Å². The molecule has 6 heteroatoms. The van der Waals surface area contributed by atoms with E-state index in [1.807, 2.05) is 6.92 Å². The molecule has 1 rings (SSSR count). The van der Waals surface area contributed by atoms with Gasteiger partial charge < -0.3 is 4.74 Å². The third-order valence-corrected chi connectivity index (χ3v) is 4.13. The minimum absolute atomic E-state index is 0.0894. The molecule has 0 amide bonds. The highest BCUT2D eigenvalue weighted by Crippen LogP contribution is 2.20. The maximum Gasteiger partial charge on any atom is 0.227 e. The lowest BCUT2D eigenvalue weighted by atomic mass is 10.2. The van der Waals surface area contributed by atoms with Crippen LogP contribution in [-0.2, 0) is 14.8 Å². The molecule has 1 heterocycles. The SMILES string of the molecule is CC1OCCC1N(C)S(=O)(=O)CC#N. The topological polar surface area (TPSA) is 70.4 Å². The van der Waals surface area contributed by atoms with Crippen molar-refractivity contribution in [3.8, 4) is 6.07 Å². The van der Waals surface area contributed by atoms with Crippen molar-refractivity contribution >= 4 is 10.0 Å². The molecule has 0 aromatic rings. The largest absolute Gasteiger partial charge is 0.377 e. The van der Waals surface area contributed by atoms with Crippen LogP contribution in [0.4, 0.5) is 0 Å². The number of likely N-dealkylation sites (N-methyl/N-ethyl adjacent to an activating group) is 1. The van der Waals surface area contributed by atoms with Gasteiger partial charge in [0.05, 0.1) is 18.2 Å². The summed E-state index contributed by atoms with van der Waals surface area (Å²) in [5.41, 5.74) is 0. The standard InChI is InChI=1S/C8H14N2O3S/c1-7-8(3-5-13-7)10(2)14(11,12)6-4-9/h7-8H,3,5-6H2,1-2H3. The number of ether oxygens (including phenoxy) is 1. The first-order chi connectivity index (χ1) is 6.49. The molecule has 1 saturated heterocycles. The van der Waals surface area contributed by atoms with Crippen molar-refractivity contribution in [3.05, 3.63) is 0 Å². The van der Waals surface area contributed by atoms with Gasteiger partial charge in [0.15, 0.2) is 5.75 Å². The molecule has 0 aliphatic carbocycles. The van der Waals surface area contributed by atoms with E-state index in [1.165, 1.54) is 11.4 Å². The highest BCUT2D eigenvalue weighted by Gasteiger charge is 2.34. The van der Waals surface area contributed by atoms with Crippen LogP contribution in [0.15, 0.2) is 0 Å². The van der Waals surface area contributed by atoms with Gasteiger partial charge in [-0.05, 0) is 13.3 Å². The van der Waals surface area contributed by atoms with Crippen LogP contribution in [0.1, 0.15) is 13.3 Å². The number of nitriles is 1. The highest BCUT2D eigenvalue weighted by molar-refractivity contribution is 7.89. The maximum absolute atomic E-state index is 11.5. The van der Waals surface area contributed by atoms with Gasteiger partial charge in [0.2, 0.25) is 10.0 Å². The Morgan fingerprint density at radius 2 is 2.29 bits per heavy atom. The molecule has 0 aromatic carbocycles. The Bertz CT molecular complexity index is 333. The summed E-state index contributed by atoms with van der Waals surface area (Å²) in [4.78, 5) is 0. The second-order valence-electron chi connectivity index (χ2n) is 3.36. The van der Waals surface area contributed by atoms with Crippen LogP contribution >= 0.6 is 0 Å². The average Bonchev–Trinajstić information content (AvgIpc) is 2.50. The summed E-state index contributed by atoms with van der Waals surface area (Å²) in [5, 5.41) is 8.37. The van der Waals surface area contributed by atoms with Gasteiger partial charge in [-0.15, -0.1) is 0 Å². The van der Waals surface area contributed by atoms with Crippen molar-refractivity contribution in [2.24, 2.45) is 0 Å². The summed E-state index contributed by atoms with van der Waals surface area (Å²) >= 11 is 0. The lowest BCUT2D eigenvalue weighted by Gasteiger charge is -2.24. The van der Waals surface area contributed by atoms with Crippen molar-refractivity contribution in [2.75, 3.05) is 19.4 Å². The smallest absolute Gasteiger partial charge is 0.227 e. The fraction of sp³-hybridized carbons (Fsp3) is 0.875. The Morgan fingerprint density at radius 1 is 1.64 bits per heavy atom. The highest BCUT2D eigenvalue weighted by atomic mass is 32.2. The van der Waals surface area contributed by atoms with Gasteiger partial charge >= 0.3 is 0 Å². The molecule has 0 saturated carbocycles. The van der Waals surface area contributed by atoms with Crippen LogP contribution in [0, 0.1) is 11.3 Å². The van der Waals surface area contributed by atoms with Gasteiger partial charge in [0.1, 0.15) is 0 Å². The van der Waals surface area contributed by atoms with E-state index in [-0.39, 0.29) is 12.1 Å². The van der Waals surface area contributed by atoms with Crippen molar-refractivity contribution in [3.63, 3.8) is 0 Å². The molecule has 5 nitrogen and oxygen atoms in total. The fourth-order valence-electron chi connectivity index (χ4n) is 1.59. The molecule has 0 spiro atoms. The van der Waals surface area contributed by atoms with Gasteiger partial charge in [0.25, 0.3) is 0 Å². The molecule has 1 fully saturated rings. The van der Waals surface area contributed by atoms with E-state index in [2.05, 4.69) is 0 Å². The molecule has 80 valence electrons. The minimum atomic E-state index is -3.43. The average molecular weight is 218 g/mol. The van der Waals surface area contributed by atoms with Gasteiger partial charge in [-0.1, -0.05) is 0 Å². The van der Waals surface area contributed by atoms with Gasteiger partial charge in [-0.2, -0.15) is 9.57 Å². The van der Waals surface area contributed by atoms with E-state index in [0.29, 0.717) is 13.0 Å². The van der Waals surface area contributed by atoms with Gasteiger partial charge in [-0.25, -0.2) is 8.42 Å². The Morgan fingerprint density at radius 3 is 2.71 bits per heavy atom. The van der Waals surface area contributed by atoms with Gasteiger partial charge in [-0.3, -0.25) is 0 Å². The van der Waals surface area contributed by atoms with E-state index in [0.717, 1.165) is 0 Å². The van der Waals surface area contributed by atoms with Crippen molar-refractivity contribution < 1.29 is 13.2 Å². The van der Waals surface area contributed by atoms with E-state index in [4.69, 9.17) is 10.00 Å². The third kappa shape index (κ3) is 2.23.